The molecule has 1 saturated carbocycles. The van der Waals surface area contributed by atoms with Crippen LogP contribution in [0.2, 0.25) is 0 Å². The van der Waals surface area contributed by atoms with E-state index in [2.05, 4.69) is 5.32 Å². The Hall–Kier alpha value is -1.88. The van der Waals surface area contributed by atoms with E-state index in [1.165, 1.54) is 50.5 Å². The molecule has 0 aromatic heterocycles. The SMILES string of the molecule is COC(=O)c1ccccc1NC(=O)C[NH+]1CCC[C@@H]2CCCC[C@@H]21. The zero-order chi connectivity index (χ0) is 16.9. The maximum absolute atomic E-state index is 12.5. The molecule has 2 aliphatic rings. The fraction of sp³-hybridized carbons (Fsp3) is 0.579. The van der Waals surface area contributed by atoms with Crippen molar-refractivity contribution >= 4 is 17.6 Å². The number of esters is 1. The van der Waals surface area contributed by atoms with Gasteiger partial charge in [0.05, 0.1) is 30.9 Å². The normalized spacial score (nSPS) is 26.3. The Kier molecular flexibility index (Phi) is 5.51. The summed E-state index contributed by atoms with van der Waals surface area (Å²) in [6.45, 7) is 1.56. The first-order valence-electron chi connectivity index (χ1n) is 9.01. The highest BCUT2D eigenvalue weighted by atomic mass is 16.5. The van der Waals surface area contributed by atoms with Crippen LogP contribution in [-0.4, -0.2) is 38.1 Å². The first kappa shape index (κ1) is 17.0. The molecule has 130 valence electrons. The van der Waals surface area contributed by atoms with Crippen molar-refractivity contribution in [3.05, 3.63) is 29.8 Å². The van der Waals surface area contributed by atoms with Crippen LogP contribution >= 0.6 is 0 Å². The Bertz CT molecular complexity index is 600. The van der Waals surface area contributed by atoms with Crippen LogP contribution in [0.5, 0.6) is 0 Å². The molecule has 1 saturated heterocycles. The Labute approximate surface area is 143 Å². The molecule has 5 heteroatoms. The first-order valence-corrected chi connectivity index (χ1v) is 9.01. The third-order valence-electron chi connectivity index (χ3n) is 5.50. The molecule has 2 fully saturated rings. The van der Waals surface area contributed by atoms with Crippen molar-refractivity contribution in [2.45, 2.75) is 44.6 Å². The number of rotatable bonds is 4. The van der Waals surface area contributed by atoms with Crippen LogP contribution in [0.25, 0.3) is 0 Å². The third kappa shape index (κ3) is 3.78. The van der Waals surface area contributed by atoms with Gasteiger partial charge in [-0.05, 0) is 44.2 Å². The Morgan fingerprint density at radius 3 is 2.75 bits per heavy atom. The van der Waals surface area contributed by atoms with E-state index < -0.39 is 5.97 Å². The summed E-state index contributed by atoms with van der Waals surface area (Å²) in [5.74, 6) is 0.341. The molecule has 3 atom stereocenters. The van der Waals surface area contributed by atoms with E-state index in [0.29, 0.717) is 23.8 Å². The summed E-state index contributed by atoms with van der Waals surface area (Å²) in [7, 11) is 1.35. The van der Waals surface area contributed by atoms with Crippen LogP contribution < -0.4 is 10.2 Å². The highest BCUT2D eigenvalue weighted by Crippen LogP contribution is 2.28. The van der Waals surface area contributed by atoms with Gasteiger partial charge >= 0.3 is 5.97 Å². The zero-order valence-electron chi connectivity index (χ0n) is 14.3. The van der Waals surface area contributed by atoms with Gasteiger partial charge in [0, 0.05) is 5.92 Å². The standard InChI is InChI=1S/C19H26N2O3/c1-24-19(23)15-9-3-4-10-16(15)20-18(22)13-21-12-6-8-14-7-2-5-11-17(14)21/h3-4,9-10,14,17H,2,5-8,11-13H2,1H3,(H,20,22)/p+1/t14-,17-/m0/s1. The van der Waals surface area contributed by atoms with Gasteiger partial charge in [0.25, 0.3) is 5.91 Å². The molecule has 1 aliphatic carbocycles. The van der Waals surface area contributed by atoms with E-state index in [4.69, 9.17) is 4.74 Å². The second-order valence-electron chi connectivity index (χ2n) is 6.96. The van der Waals surface area contributed by atoms with E-state index in [0.717, 1.165) is 12.5 Å². The van der Waals surface area contributed by atoms with Gasteiger partial charge in [-0.3, -0.25) is 4.79 Å². The number of hydrogen-bond donors (Lipinski definition) is 2. The van der Waals surface area contributed by atoms with Crippen molar-refractivity contribution in [2.75, 3.05) is 25.5 Å². The first-order chi connectivity index (χ1) is 11.7. The van der Waals surface area contributed by atoms with E-state index in [9.17, 15) is 9.59 Å². The number of piperidine rings is 1. The van der Waals surface area contributed by atoms with Crippen molar-refractivity contribution in [3.8, 4) is 0 Å². The minimum absolute atomic E-state index is 0.0208. The molecule has 1 aromatic carbocycles. The third-order valence-corrected chi connectivity index (χ3v) is 5.50. The molecule has 1 aliphatic heterocycles. The second kappa shape index (κ2) is 7.79. The van der Waals surface area contributed by atoms with Gasteiger partial charge in [0.2, 0.25) is 0 Å². The topological polar surface area (TPSA) is 59.8 Å². The Morgan fingerprint density at radius 2 is 1.92 bits per heavy atom. The van der Waals surface area contributed by atoms with Crippen LogP contribution in [0.4, 0.5) is 5.69 Å². The average Bonchev–Trinajstić information content (AvgIpc) is 2.62. The maximum Gasteiger partial charge on any atom is 0.339 e. The molecule has 0 bridgehead atoms. The van der Waals surface area contributed by atoms with Crippen LogP contribution in [0.1, 0.15) is 48.9 Å². The van der Waals surface area contributed by atoms with Gasteiger partial charge in [-0.1, -0.05) is 18.6 Å². The van der Waals surface area contributed by atoms with Gasteiger partial charge in [0.1, 0.15) is 0 Å². The summed E-state index contributed by atoms with van der Waals surface area (Å²) < 4.78 is 4.78. The highest BCUT2D eigenvalue weighted by Gasteiger charge is 2.37. The summed E-state index contributed by atoms with van der Waals surface area (Å²) in [6, 6.07) is 7.64. The molecule has 0 radical (unpaired) electrons. The molecule has 24 heavy (non-hydrogen) atoms. The van der Waals surface area contributed by atoms with Crippen LogP contribution in [-0.2, 0) is 9.53 Å². The summed E-state index contributed by atoms with van der Waals surface area (Å²) in [5.41, 5.74) is 0.934. The number of benzene rings is 1. The predicted octanol–water partition coefficient (Wildman–Crippen LogP) is 1.65. The quantitative estimate of drug-likeness (QED) is 0.825. The van der Waals surface area contributed by atoms with Gasteiger partial charge in [-0.15, -0.1) is 0 Å². The number of carbonyl (C=O) groups excluding carboxylic acids is 2. The Morgan fingerprint density at radius 1 is 1.17 bits per heavy atom. The number of anilines is 1. The summed E-state index contributed by atoms with van der Waals surface area (Å²) in [4.78, 5) is 25.8. The van der Waals surface area contributed by atoms with Crippen molar-refractivity contribution < 1.29 is 19.2 Å². The van der Waals surface area contributed by atoms with Crippen molar-refractivity contribution in [1.29, 1.82) is 0 Å². The van der Waals surface area contributed by atoms with E-state index in [-0.39, 0.29) is 5.91 Å². The summed E-state index contributed by atoms with van der Waals surface area (Å²) >= 11 is 0. The average molecular weight is 331 g/mol. The number of quaternary nitrogens is 1. The monoisotopic (exact) mass is 331 g/mol. The summed E-state index contributed by atoms with van der Waals surface area (Å²) in [5, 5.41) is 2.91. The molecular weight excluding hydrogens is 304 g/mol. The number of amides is 1. The van der Waals surface area contributed by atoms with Crippen LogP contribution in [0, 0.1) is 5.92 Å². The fourth-order valence-corrected chi connectivity index (χ4v) is 4.37. The summed E-state index contributed by atoms with van der Waals surface area (Å²) in [6.07, 6.45) is 7.72. The molecule has 3 rings (SSSR count). The van der Waals surface area contributed by atoms with Crippen molar-refractivity contribution in [2.24, 2.45) is 5.92 Å². The molecule has 0 spiro atoms. The maximum atomic E-state index is 12.5. The lowest BCUT2D eigenvalue weighted by Crippen LogP contribution is -3.18. The number of fused-ring (bicyclic) bond motifs is 1. The van der Waals surface area contributed by atoms with Gasteiger partial charge in [-0.2, -0.15) is 0 Å². The molecule has 1 amide bonds. The largest absolute Gasteiger partial charge is 0.465 e. The number of likely N-dealkylation sites (tertiary alicyclic amines) is 1. The fourth-order valence-electron chi connectivity index (χ4n) is 4.37. The minimum Gasteiger partial charge on any atom is -0.465 e. The second-order valence-corrected chi connectivity index (χ2v) is 6.96. The highest BCUT2D eigenvalue weighted by molar-refractivity contribution is 6.01. The molecular formula is C19H27N2O3+. The lowest BCUT2D eigenvalue weighted by molar-refractivity contribution is -0.928. The van der Waals surface area contributed by atoms with E-state index in [1.807, 2.05) is 6.07 Å². The van der Waals surface area contributed by atoms with Crippen LogP contribution in [0.15, 0.2) is 24.3 Å². The number of nitrogens with one attached hydrogen (secondary N) is 2. The van der Waals surface area contributed by atoms with Gasteiger partial charge < -0.3 is 15.0 Å². The zero-order valence-corrected chi connectivity index (χ0v) is 14.3. The number of methoxy groups -OCH3 is 1. The predicted molar refractivity (Wildman–Crippen MR) is 92.1 cm³/mol. The number of carbonyl (C=O) groups is 2. The van der Waals surface area contributed by atoms with E-state index >= 15 is 0 Å². The smallest absolute Gasteiger partial charge is 0.339 e. The number of ether oxygens (including phenoxy) is 1. The lowest BCUT2D eigenvalue weighted by Gasteiger charge is -2.40. The van der Waals surface area contributed by atoms with Gasteiger partial charge in [-0.25, -0.2) is 4.79 Å². The molecule has 1 unspecified atom stereocenters. The minimum atomic E-state index is -0.427. The van der Waals surface area contributed by atoms with Gasteiger partial charge in [0.15, 0.2) is 6.54 Å². The molecule has 1 aromatic rings. The number of para-hydroxylation sites is 1. The Balaban J connectivity index is 1.64. The van der Waals surface area contributed by atoms with Crippen molar-refractivity contribution in [3.63, 3.8) is 0 Å². The van der Waals surface area contributed by atoms with E-state index in [1.54, 1.807) is 18.2 Å². The molecule has 5 nitrogen and oxygen atoms in total. The molecule has 1 heterocycles. The van der Waals surface area contributed by atoms with Crippen LogP contribution in [0.3, 0.4) is 0 Å². The molecule has 2 N–H and O–H groups in total. The lowest BCUT2D eigenvalue weighted by atomic mass is 9.78. The van der Waals surface area contributed by atoms with Crippen molar-refractivity contribution in [1.82, 2.24) is 0 Å². The number of hydrogen-bond acceptors (Lipinski definition) is 3.